The monoisotopic (exact) mass is 341 g/mol. The first kappa shape index (κ1) is 16.0. The topological polar surface area (TPSA) is 55.7 Å². The second-order valence-corrected chi connectivity index (χ2v) is 4.86. The molecular formula is C15H11F4N3O2. The van der Waals surface area contributed by atoms with Crippen molar-refractivity contribution in [2.24, 2.45) is 5.10 Å². The lowest BCUT2D eigenvalue weighted by atomic mass is 10.1. The number of hydrazone groups is 1. The second kappa shape index (κ2) is 6.34. The molecule has 24 heavy (non-hydrogen) atoms. The molecule has 9 heteroatoms. The third-order valence-corrected chi connectivity index (χ3v) is 3.29. The van der Waals surface area contributed by atoms with Crippen molar-refractivity contribution in [1.82, 2.24) is 4.98 Å². The molecule has 5 nitrogen and oxygen atoms in total. The van der Waals surface area contributed by atoms with E-state index in [9.17, 15) is 17.6 Å². The summed E-state index contributed by atoms with van der Waals surface area (Å²) in [4.78, 5) is 2.46. The van der Waals surface area contributed by atoms with E-state index in [2.05, 4.69) is 10.1 Å². The summed E-state index contributed by atoms with van der Waals surface area (Å²) in [5, 5.41) is 3.75. The lowest BCUT2D eigenvalue weighted by Gasteiger charge is -2.18. The van der Waals surface area contributed by atoms with Crippen LogP contribution in [0.2, 0.25) is 0 Å². The average molecular weight is 341 g/mol. The number of hydrogen-bond donors (Lipinski definition) is 1. The van der Waals surface area contributed by atoms with Gasteiger partial charge in [-0.2, -0.15) is 27.6 Å². The fraction of sp³-hybridized carbons (Fsp3) is 0.200. The molecule has 0 atom stereocenters. The number of nitrogens with zero attached hydrogens (tertiary/aromatic N) is 2. The second-order valence-electron chi connectivity index (χ2n) is 4.86. The quantitative estimate of drug-likeness (QED) is 0.403. The fourth-order valence-electron chi connectivity index (χ4n) is 2.06. The van der Waals surface area contributed by atoms with Crippen LogP contribution in [0.15, 0.2) is 23.3 Å². The number of fused-ring (bicyclic) bond motifs is 1. The van der Waals surface area contributed by atoms with Crippen molar-refractivity contribution in [3.05, 3.63) is 47.3 Å². The Kier molecular flexibility index (Phi) is 4.24. The minimum atomic E-state index is -1.76. The van der Waals surface area contributed by atoms with Gasteiger partial charge in [-0.05, 0) is 25.1 Å². The molecule has 1 aromatic carbocycles. The molecule has 2 aromatic rings. The van der Waals surface area contributed by atoms with Crippen molar-refractivity contribution in [1.29, 1.82) is 0 Å². The van der Waals surface area contributed by atoms with Crippen molar-refractivity contribution in [3.8, 4) is 11.5 Å². The summed E-state index contributed by atoms with van der Waals surface area (Å²) >= 11 is 0. The maximum absolute atomic E-state index is 13.5. The van der Waals surface area contributed by atoms with E-state index in [0.29, 0.717) is 36.0 Å². The van der Waals surface area contributed by atoms with E-state index in [-0.39, 0.29) is 0 Å². The van der Waals surface area contributed by atoms with E-state index >= 15 is 0 Å². The van der Waals surface area contributed by atoms with Crippen molar-refractivity contribution >= 4 is 11.4 Å². The van der Waals surface area contributed by atoms with Gasteiger partial charge in [0.1, 0.15) is 18.9 Å². The van der Waals surface area contributed by atoms with Crippen LogP contribution in [0.5, 0.6) is 11.5 Å². The largest absolute Gasteiger partial charge is 0.486 e. The van der Waals surface area contributed by atoms with Crippen LogP contribution in [0, 0.1) is 23.5 Å². The summed E-state index contributed by atoms with van der Waals surface area (Å²) in [6.07, 6.45) is 0. The fourth-order valence-corrected chi connectivity index (χ4v) is 2.06. The van der Waals surface area contributed by atoms with Gasteiger partial charge in [0.2, 0.25) is 11.6 Å². The smallest absolute Gasteiger partial charge is 0.254 e. The van der Waals surface area contributed by atoms with Gasteiger partial charge in [-0.15, -0.1) is 0 Å². The van der Waals surface area contributed by atoms with Gasteiger partial charge in [-0.3, -0.25) is 5.43 Å². The summed E-state index contributed by atoms with van der Waals surface area (Å²) < 4.78 is 63.9. The Morgan fingerprint density at radius 3 is 2.33 bits per heavy atom. The molecule has 0 saturated heterocycles. The Morgan fingerprint density at radius 1 is 1.04 bits per heavy atom. The molecule has 0 unspecified atom stereocenters. The zero-order valence-electron chi connectivity index (χ0n) is 12.4. The Balaban J connectivity index is 1.87. The number of benzene rings is 1. The number of ether oxygens (including phenoxy) is 2. The van der Waals surface area contributed by atoms with Gasteiger partial charge in [-0.25, -0.2) is 0 Å². The molecule has 2 heterocycles. The first-order chi connectivity index (χ1) is 11.5. The van der Waals surface area contributed by atoms with E-state index in [1.807, 2.05) is 5.43 Å². The number of nitrogens with one attached hydrogen (secondary N) is 1. The van der Waals surface area contributed by atoms with Crippen molar-refractivity contribution in [2.45, 2.75) is 6.92 Å². The van der Waals surface area contributed by atoms with Crippen LogP contribution in [-0.2, 0) is 0 Å². The summed E-state index contributed by atoms with van der Waals surface area (Å²) in [5.74, 6) is -5.76. The normalized spacial score (nSPS) is 13.8. The molecule has 0 fully saturated rings. The Labute approximate surface area is 133 Å². The van der Waals surface area contributed by atoms with Crippen LogP contribution in [-0.4, -0.2) is 23.9 Å². The number of anilines is 1. The van der Waals surface area contributed by atoms with E-state index in [0.717, 1.165) is 0 Å². The molecule has 1 N–H and O–H groups in total. The summed E-state index contributed by atoms with van der Waals surface area (Å²) in [6.45, 7) is 2.39. The third-order valence-electron chi connectivity index (χ3n) is 3.29. The van der Waals surface area contributed by atoms with E-state index in [1.165, 1.54) is 0 Å². The molecule has 0 saturated carbocycles. The zero-order valence-corrected chi connectivity index (χ0v) is 12.4. The average Bonchev–Trinajstić information content (AvgIpc) is 2.59. The number of pyridine rings is 1. The van der Waals surface area contributed by atoms with Gasteiger partial charge >= 0.3 is 0 Å². The molecule has 0 spiro atoms. The molecule has 0 amide bonds. The Bertz CT molecular complexity index is 801. The lowest BCUT2D eigenvalue weighted by Crippen LogP contribution is -2.15. The predicted octanol–water partition coefficient (Wildman–Crippen LogP) is 3.25. The SMILES string of the molecule is C/C(=N/Nc1c(F)c(F)nc(F)c1F)c1ccc2c(c1)OCCO2. The summed E-state index contributed by atoms with van der Waals surface area (Å²) in [7, 11) is 0. The standard InChI is InChI=1S/C15H11F4N3O2/c1-7(8-2-3-9-10(6-8)24-5-4-23-9)21-22-13-11(16)14(18)20-15(19)12(13)17/h2-3,6H,4-5H2,1H3,(H,20,22)/b21-7-. The highest BCUT2D eigenvalue weighted by Gasteiger charge is 2.20. The first-order valence-electron chi connectivity index (χ1n) is 6.87. The molecule has 3 rings (SSSR count). The maximum atomic E-state index is 13.5. The minimum Gasteiger partial charge on any atom is -0.486 e. The third kappa shape index (κ3) is 2.97. The van der Waals surface area contributed by atoms with Gasteiger partial charge in [0, 0.05) is 5.56 Å². The first-order valence-corrected chi connectivity index (χ1v) is 6.87. The Morgan fingerprint density at radius 2 is 1.67 bits per heavy atom. The van der Waals surface area contributed by atoms with Crippen LogP contribution < -0.4 is 14.9 Å². The van der Waals surface area contributed by atoms with Crippen molar-refractivity contribution in [3.63, 3.8) is 0 Å². The molecular weight excluding hydrogens is 330 g/mol. The molecule has 1 aliphatic rings. The highest BCUT2D eigenvalue weighted by Crippen LogP contribution is 2.31. The van der Waals surface area contributed by atoms with E-state index < -0.39 is 29.2 Å². The van der Waals surface area contributed by atoms with Crippen LogP contribution in [0.25, 0.3) is 0 Å². The predicted molar refractivity (Wildman–Crippen MR) is 77.3 cm³/mol. The number of rotatable bonds is 3. The molecule has 0 bridgehead atoms. The molecule has 1 aliphatic heterocycles. The highest BCUT2D eigenvalue weighted by atomic mass is 19.2. The maximum Gasteiger partial charge on any atom is 0.254 e. The van der Waals surface area contributed by atoms with Crippen LogP contribution in [0.4, 0.5) is 23.2 Å². The Hall–Kier alpha value is -2.84. The van der Waals surface area contributed by atoms with Gasteiger partial charge in [-0.1, -0.05) is 0 Å². The van der Waals surface area contributed by atoms with Crippen molar-refractivity contribution in [2.75, 3.05) is 18.6 Å². The van der Waals surface area contributed by atoms with E-state index in [1.54, 1.807) is 25.1 Å². The lowest BCUT2D eigenvalue weighted by molar-refractivity contribution is 0.171. The van der Waals surface area contributed by atoms with Gasteiger partial charge < -0.3 is 9.47 Å². The van der Waals surface area contributed by atoms with E-state index in [4.69, 9.17) is 9.47 Å². The van der Waals surface area contributed by atoms with Crippen molar-refractivity contribution < 1.29 is 27.0 Å². The van der Waals surface area contributed by atoms with Crippen LogP contribution in [0.3, 0.4) is 0 Å². The number of hydrogen-bond acceptors (Lipinski definition) is 5. The van der Waals surface area contributed by atoms with Gasteiger partial charge in [0.25, 0.3) is 11.9 Å². The highest BCUT2D eigenvalue weighted by molar-refractivity contribution is 5.99. The number of aromatic nitrogens is 1. The van der Waals surface area contributed by atoms with Gasteiger partial charge in [0.05, 0.1) is 5.71 Å². The van der Waals surface area contributed by atoms with Crippen LogP contribution in [0.1, 0.15) is 12.5 Å². The zero-order chi connectivity index (χ0) is 17.3. The number of halogens is 4. The minimum absolute atomic E-state index is 0.309. The summed E-state index contributed by atoms with van der Waals surface area (Å²) in [6, 6.07) is 4.96. The van der Waals surface area contributed by atoms with Gasteiger partial charge in [0.15, 0.2) is 11.5 Å². The molecule has 1 aromatic heterocycles. The van der Waals surface area contributed by atoms with Crippen LogP contribution >= 0.6 is 0 Å². The molecule has 0 aliphatic carbocycles. The molecule has 0 radical (unpaired) electrons. The molecule has 126 valence electrons. The summed E-state index contributed by atoms with van der Waals surface area (Å²) in [5.41, 5.74) is 1.81.